The van der Waals surface area contributed by atoms with Crippen LogP contribution >= 0.6 is 22.7 Å². The Morgan fingerprint density at radius 3 is 2.38 bits per heavy atom. The number of aromatic nitrogens is 2. The normalized spacial score (nSPS) is 10.7. The minimum atomic E-state index is -0.215. The summed E-state index contributed by atoms with van der Waals surface area (Å²) in [4.78, 5) is 21.7. The Kier molecular flexibility index (Phi) is 5.69. The highest BCUT2D eigenvalue weighted by molar-refractivity contribution is 7.10. The van der Waals surface area contributed by atoms with Gasteiger partial charge in [-0.25, -0.2) is 9.97 Å². The number of hydrogen-bond acceptors (Lipinski definition) is 6. The van der Waals surface area contributed by atoms with Crippen LogP contribution in [0.3, 0.4) is 0 Å². The Morgan fingerprint density at radius 2 is 1.69 bits per heavy atom. The van der Waals surface area contributed by atoms with Crippen molar-refractivity contribution in [2.45, 2.75) is 20.5 Å². The Labute approximate surface area is 177 Å². The Hall–Kier alpha value is -3.03. The van der Waals surface area contributed by atoms with Gasteiger partial charge >= 0.3 is 0 Å². The molecule has 5 nitrogen and oxygen atoms in total. The van der Waals surface area contributed by atoms with Gasteiger partial charge in [0, 0.05) is 22.0 Å². The highest BCUT2D eigenvalue weighted by Crippen LogP contribution is 2.25. The van der Waals surface area contributed by atoms with Crippen molar-refractivity contribution in [3.63, 3.8) is 0 Å². The molecule has 7 heteroatoms. The summed E-state index contributed by atoms with van der Waals surface area (Å²) in [7, 11) is 0. The third kappa shape index (κ3) is 4.70. The summed E-state index contributed by atoms with van der Waals surface area (Å²) in [5, 5.41) is 8.95. The van der Waals surface area contributed by atoms with Gasteiger partial charge in [-0.3, -0.25) is 4.79 Å². The van der Waals surface area contributed by atoms with Crippen LogP contribution in [0.1, 0.15) is 26.1 Å². The zero-order chi connectivity index (χ0) is 20.2. The van der Waals surface area contributed by atoms with Crippen molar-refractivity contribution in [2.75, 3.05) is 5.32 Å². The van der Waals surface area contributed by atoms with Crippen LogP contribution in [-0.4, -0.2) is 15.9 Å². The lowest BCUT2D eigenvalue weighted by molar-refractivity contribution is 0.102. The van der Waals surface area contributed by atoms with E-state index in [-0.39, 0.29) is 5.91 Å². The molecule has 0 fully saturated rings. The summed E-state index contributed by atoms with van der Waals surface area (Å²) in [6, 6.07) is 14.9. The molecule has 0 aliphatic carbocycles. The second kappa shape index (κ2) is 8.55. The fourth-order valence-electron chi connectivity index (χ4n) is 2.83. The second-order valence-corrected chi connectivity index (χ2v) is 8.55. The molecule has 1 N–H and O–H groups in total. The van der Waals surface area contributed by atoms with Crippen LogP contribution in [0.25, 0.3) is 11.3 Å². The van der Waals surface area contributed by atoms with Gasteiger partial charge < -0.3 is 10.1 Å². The van der Waals surface area contributed by atoms with Gasteiger partial charge in [0.15, 0.2) is 0 Å². The molecule has 2 heterocycles. The monoisotopic (exact) mass is 421 g/mol. The lowest BCUT2D eigenvalue weighted by Gasteiger charge is -2.11. The fourth-order valence-corrected chi connectivity index (χ4v) is 4.04. The number of carbonyl (C=O) groups excluding carboxylic acids is 1. The molecule has 146 valence electrons. The fraction of sp³-hybridized carbons (Fsp3) is 0.136. The number of para-hydroxylation sites is 1. The van der Waals surface area contributed by atoms with Gasteiger partial charge in [-0.1, -0.05) is 24.3 Å². The molecule has 0 saturated heterocycles. The van der Waals surface area contributed by atoms with Crippen molar-refractivity contribution in [3.05, 3.63) is 80.6 Å². The summed E-state index contributed by atoms with van der Waals surface area (Å²) < 4.78 is 5.85. The Balaban J connectivity index is 1.45. The highest BCUT2D eigenvalue weighted by Gasteiger charge is 2.13. The number of anilines is 1. The smallest absolute Gasteiger partial charge is 0.259 e. The Morgan fingerprint density at radius 1 is 0.966 bits per heavy atom. The molecule has 2 aromatic carbocycles. The molecule has 4 rings (SSSR count). The van der Waals surface area contributed by atoms with E-state index in [9.17, 15) is 4.79 Å². The van der Waals surface area contributed by atoms with Gasteiger partial charge in [0.25, 0.3) is 5.91 Å². The molecule has 29 heavy (non-hydrogen) atoms. The minimum Gasteiger partial charge on any atom is -0.486 e. The zero-order valence-electron chi connectivity index (χ0n) is 16.0. The molecule has 0 atom stereocenters. The van der Waals surface area contributed by atoms with E-state index in [0.717, 1.165) is 32.7 Å². The van der Waals surface area contributed by atoms with E-state index in [1.54, 1.807) is 34.8 Å². The number of carbonyl (C=O) groups is 1. The van der Waals surface area contributed by atoms with E-state index < -0.39 is 0 Å². The summed E-state index contributed by atoms with van der Waals surface area (Å²) in [5.41, 5.74) is 4.03. The van der Waals surface area contributed by atoms with Crippen molar-refractivity contribution in [1.82, 2.24) is 9.97 Å². The third-order valence-corrected chi connectivity index (χ3v) is 5.83. The van der Waals surface area contributed by atoms with Crippen LogP contribution in [-0.2, 0) is 6.61 Å². The molecule has 2 aromatic heterocycles. The lowest BCUT2D eigenvalue weighted by Crippen LogP contribution is -2.13. The predicted molar refractivity (Wildman–Crippen MR) is 118 cm³/mol. The van der Waals surface area contributed by atoms with Crippen LogP contribution in [0.15, 0.2) is 59.3 Å². The first-order valence-corrected chi connectivity index (χ1v) is 10.8. The average molecular weight is 422 g/mol. The number of ether oxygens (including phenoxy) is 1. The van der Waals surface area contributed by atoms with E-state index in [1.165, 1.54) is 0 Å². The Bertz CT molecular complexity index is 1130. The van der Waals surface area contributed by atoms with Crippen LogP contribution in [0.4, 0.5) is 5.69 Å². The highest BCUT2D eigenvalue weighted by atomic mass is 32.1. The second-order valence-electron chi connectivity index (χ2n) is 6.43. The predicted octanol–water partition coefficient (Wildman–Crippen LogP) is 5.71. The maximum atomic E-state index is 12.8. The third-order valence-electron chi connectivity index (χ3n) is 4.23. The maximum absolute atomic E-state index is 12.8. The van der Waals surface area contributed by atoms with E-state index in [0.29, 0.717) is 17.9 Å². The first kappa shape index (κ1) is 19.3. The van der Waals surface area contributed by atoms with Gasteiger partial charge in [0.2, 0.25) is 0 Å². The molecule has 0 aliphatic heterocycles. The number of benzene rings is 2. The lowest BCUT2D eigenvalue weighted by atomic mass is 10.1. The molecule has 0 bridgehead atoms. The van der Waals surface area contributed by atoms with Gasteiger partial charge in [0.05, 0.1) is 27.0 Å². The molecule has 0 unspecified atom stereocenters. The largest absolute Gasteiger partial charge is 0.486 e. The van der Waals surface area contributed by atoms with Gasteiger partial charge in [-0.05, 0) is 38.1 Å². The van der Waals surface area contributed by atoms with Crippen molar-refractivity contribution >= 4 is 34.3 Å². The van der Waals surface area contributed by atoms with Crippen molar-refractivity contribution in [3.8, 4) is 17.0 Å². The molecule has 4 aromatic rings. The van der Waals surface area contributed by atoms with Crippen molar-refractivity contribution < 1.29 is 9.53 Å². The number of thiazole rings is 2. The molecule has 0 aliphatic rings. The van der Waals surface area contributed by atoms with Crippen LogP contribution in [0, 0.1) is 13.8 Å². The number of nitrogens with zero attached hydrogens (tertiary/aromatic N) is 2. The molecule has 1 amide bonds. The number of aryl methyl sites for hydroxylation is 2. The quantitative estimate of drug-likeness (QED) is 0.433. The van der Waals surface area contributed by atoms with Gasteiger partial charge in [-0.2, -0.15) is 0 Å². The first-order chi connectivity index (χ1) is 14.1. The topological polar surface area (TPSA) is 64.1 Å². The number of rotatable bonds is 6. The van der Waals surface area contributed by atoms with E-state index in [4.69, 9.17) is 4.74 Å². The SMILES string of the molecule is Cc1nc(COc2ccccc2C(=O)Nc2ccc(-c3csc(C)n3)cc2)cs1. The molecular weight excluding hydrogens is 402 g/mol. The average Bonchev–Trinajstić information content (AvgIpc) is 3.35. The van der Waals surface area contributed by atoms with E-state index >= 15 is 0 Å². The summed E-state index contributed by atoms with van der Waals surface area (Å²) in [6.45, 7) is 4.27. The molecule has 0 radical (unpaired) electrons. The van der Waals surface area contributed by atoms with Crippen molar-refractivity contribution in [1.29, 1.82) is 0 Å². The standard InChI is InChI=1S/C22H19N3O2S2/c1-14-23-18(12-28-14)11-27-21-6-4-3-5-19(21)22(26)25-17-9-7-16(8-10-17)20-13-29-15(2)24-20/h3-10,12-13H,11H2,1-2H3,(H,25,26). The van der Waals surface area contributed by atoms with E-state index in [2.05, 4.69) is 15.3 Å². The molecule has 0 spiro atoms. The first-order valence-electron chi connectivity index (χ1n) is 9.05. The van der Waals surface area contributed by atoms with Crippen LogP contribution < -0.4 is 10.1 Å². The number of hydrogen-bond donors (Lipinski definition) is 1. The molecule has 0 saturated carbocycles. The zero-order valence-corrected chi connectivity index (χ0v) is 17.6. The van der Waals surface area contributed by atoms with Gasteiger partial charge in [-0.15, -0.1) is 22.7 Å². The maximum Gasteiger partial charge on any atom is 0.259 e. The molecular formula is C22H19N3O2S2. The minimum absolute atomic E-state index is 0.215. The van der Waals surface area contributed by atoms with E-state index in [1.807, 2.05) is 61.0 Å². The summed E-state index contributed by atoms with van der Waals surface area (Å²) >= 11 is 3.20. The van der Waals surface area contributed by atoms with Gasteiger partial charge in [0.1, 0.15) is 12.4 Å². The van der Waals surface area contributed by atoms with Crippen LogP contribution in [0.5, 0.6) is 5.75 Å². The van der Waals surface area contributed by atoms with Crippen molar-refractivity contribution in [2.24, 2.45) is 0 Å². The summed E-state index contributed by atoms with van der Waals surface area (Å²) in [5.74, 6) is 0.317. The number of nitrogens with one attached hydrogen (secondary N) is 1. The summed E-state index contributed by atoms with van der Waals surface area (Å²) in [6.07, 6.45) is 0. The number of amides is 1. The van der Waals surface area contributed by atoms with Crippen LogP contribution in [0.2, 0.25) is 0 Å².